The number of rotatable bonds is 1. The van der Waals surface area contributed by atoms with Crippen LogP contribution in [0.2, 0.25) is 0 Å². The number of aromatic amines is 2. The molecule has 0 atom stereocenters. The molecule has 5 heteroatoms. The van der Waals surface area contributed by atoms with Crippen LogP contribution in [0.25, 0.3) is 33.8 Å². The molecule has 0 radical (unpaired) electrons. The largest absolute Gasteiger partial charge is 0.337 e. The summed E-state index contributed by atoms with van der Waals surface area (Å²) in [7, 11) is 0. The number of carbonyl (C=O) groups is 1. The summed E-state index contributed by atoms with van der Waals surface area (Å²) in [4.78, 5) is 20.4. The number of H-pyrrole nitrogens is 2. The van der Waals surface area contributed by atoms with E-state index in [2.05, 4.69) is 20.2 Å². The number of nitrogens with zero attached hydrogens (tertiary/aromatic N) is 2. The van der Waals surface area contributed by atoms with Crippen LogP contribution in [0.1, 0.15) is 15.9 Å². The summed E-state index contributed by atoms with van der Waals surface area (Å²) in [5.74, 6) is 0.630. The number of para-hydroxylation sites is 2. The quantitative estimate of drug-likeness (QED) is 0.497. The molecule has 0 saturated carbocycles. The van der Waals surface area contributed by atoms with E-state index in [9.17, 15) is 4.79 Å². The van der Waals surface area contributed by atoms with Crippen LogP contribution in [0.15, 0.2) is 48.5 Å². The Bertz CT molecular complexity index is 1020. The number of hydrogen-bond acceptors (Lipinski definition) is 3. The number of hydrogen-bond donors (Lipinski definition) is 2. The second-order valence-electron chi connectivity index (χ2n) is 5.30. The van der Waals surface area contributed by atoms with Crippen molar-refractivity contribution in [2.45, 2.75) is 0 Å². The molecule has 1 aliphatic rings. The van der Waals surface area contributed by atoms with E-state index in [1.807, 2.05) is 48.5 Å². The average molecular weight is 286 g/mol. The van der Waals surface area contributed by atoms with Crippen molar-refractivity contribution in [3.63, 3.8) is 0 Å². The molecule has 0 aliphatic heterocycles. The van der Waals surface area contributed by atoms with Crippen LogP contribution in [0, 0.1) is 0 Å². The van der Waals surface area contributed by atoms with E-state index in [1.165, 1.54) is 0 Å². The van der Waals surface area contributed by atoms with Crippen LogP contribution in [0.4, 0.5) is 0 Å². The highest BCUT2D eigenvalue weighted by molar-refractivity contribution is 6.23. The first kappa shape index (κ1) is 11.4. The van der Waals surface area contributed by atoms with E-state index in [4.69, 9.17) is 0 Å². The van der Waals surface area contributed by atoms with Gasteiger partial charge in [-0.15, -0.1) is 0 Å². The van der Waals surface area contributed by atoms with Crippen molar-refractivity contribution in [2.75, 3.05) is 0 Å². The average Bonchev–Trinajstić information content (AvgIpc) is 3.22. The summed E-state index contributed by atoms with van der Waals surface area (Å²) < 4.78 is 0. The van der Waals surface area contributed by atoms with Gasteiger partial charge in [-0.1, -0.05) is 36.4 Å². The summed E-state index contributed by atoms with van der Waals surface area (Å²) in [6, 6.07) is 15.3. The summed E-state index contributed by atoms with van der Waals surface area (Å²) in [5.41, 5.74) is 5.32. The van der Waals surface area contributed by atoms with Gasteiger partial charge in [0.15, 0.2) is 11.6 Å². The van der Waals surface area contributed by atoms with Crippen molar-refractivity contribution in [2.24, 2.45) is 0 Å². The minimum absolute atomic E-state index is 0.00481. The third kappa shape index (κ3) is 1.34. The Morgan fingerprint density at radius 2 is 1.68 bits per heavy atom. The van der Waals surface area contributed by atoms with E-state index in [0.29, 0.717) is 28.3 Å². The van der Waals surface area contributed by atoms with E-state index in [1.54, 1.807) is 0 Å². The fraction of sp³-hybridized carbons (Fsp3) is 0. The molecule has 0 bridgehead atoms. The number of aromatic nitrogens is 4. The highest BCUT2D eigenvalue weighted by atomic mass is 16.1. The van der Waals surface area contributed by atoms with Crippen LogP contribution in [0.5, 0.6) is 0 Å². The maximum atomic E-state index is 12.7. The maximum Gasteiger partial charge on any atom is 0.198 e. The number of fused-ring (bicyclic) bond motifs is 4. The summed E-state index contributed by atoms with van der Waals surface area (Å²) in [6.45, 7) is 0. The Labute approximate surface area is 125 Å². The van der Waals surface area contributed by atoms with E-state index >= 15 is 0 Å². The Morgan fingerprint density at radius 3 is 2.55 bits per heavy atom. The van der Waals surface area contributed by atoms with Crippen LogP contribution < -0.4 is 0 Å². The Hall–Kier alpha value is -3.21. The van der Waals surface area contributed by atoms with Crippen molar-refractivity contribution in [1.82, 2.24) is 20.2 Å². The Balaban J connectivity index is 1.76. The lowest BCUT2D eigenvalue weighted by Crippen LogP contribution is -1.98. The van der Waals surface area contributed by atoms with Gasteiger partial charge < -0.3 is 4.98 Å². The van der Waals surface area contributed by atoms with Crippen molar-refractivity contribution in [3.8, 4) is 22.8 Å². The predicted octanol–water partition coefficient (Wildman–Crippen LogP) is 3.16. The molecule has 0 fully saturated rings. The zero-order valence-electron chi connectivity index (χ0n) is 11.4. The third-order valence-corrected chi connectivity index (χ3v) is 4.05. The fourth-order valence-electron chi connectivity index (χ4n) is 3.02. The summed E-state index contributed by atoms with van der Waals surface area (Å²) in [6.07, 6.45) is 0. The zero-order chi connectivity index (χ0) is 14.7. The molecule has 2 aromatic carbocycles. The van der Waals surface area contributed by atoms with Crippen molar-refractivity contribution >= 4 is 16.8 Å². The first-order valence-corrected chi connectivity index (χ1v) is 7.00. The summed E-state index contributed by atoms with van der Waals surface area (Å²) in [5, 5.41) is 7.29. The summed E-state index contributed by atoms with van der Waals surface area (Å²) >= 11 is 0. The number of carbonyl (C=O) groups excluding carboxylic acids is 1. The molecule has 0 spiro atoms. The lowest BCUT2D eigenvalue weighted by molar-refractivity contribution is 0.104. The van der Waals surface area contributed by atoms with Crippen LogP contribution in [0.3, 0.4) is 0 Å². The fourth-order valence-corrected chi connectivity index (χ4v) is 3.02. The lowest BCUT2D eigenvalue weighted by atomic mass is 10.1. The second-order valence-corrected chi connectivity index (χ2v) is 5.30. The molecule has 1 aliphatic carbocycles. The van der Waals surface area contributed by atoms with Gasteiger partial charge in [-0.25, -0.2) is 4.98 Å². The van der Waals surface area contributed by atoms with Gasteiger partial charge in [0, 0.05) is 11.1 Å². The Morgan fingerprint density at radius 1 is 0.909 bits per heavy atom. The predicted molar refractivity (Wildman–Crippen MR) is 82.5 cm³/mol. The van der Waals surface area contributed by atoms with Crippen LogP contribution in [-0.2, 0) is 0 Å². The smallest absolute Gasteiger partial charge is 0.198 e. The van der Waals surface area contributed by atoms with Gasteiger partial charge in [0.05, 0.1) is 16.6 Å². The van der Waals surface area contributed by atoms with Gasteiger partial charge in [-0.05, 0) is 12.1 Å². The van der Waals surface area contributed by atoms with E-state index in [-0.39, 0.29) is 5.78 Å². The molecule has 2 heterocycles. The maximum absolute atomic E-state index is 12.7. The SMILES string of the molecule is O=C1c2ccccc2-c2n[nH]c(-c3nc4ccccc4[nH]3)c21. The number of nitrogens with one attached hydrogen (secondary N) is 2. The van der Waals surface area contributed by atoms with Gasteiger partial charge in [-0.2, -0.15) is 5.10 Å². The van der Waals surface area contributed by atoms with Crippen LogP contribution in [-0.4, -0.2) is 25.9 Å². The minimum Gasteiger partial charge on any atom is -0.337 e. The first-order chi connectivity index (χ1) is 10.8. The standard InChI is InChI=1S/C17H10N4O/c22-16-10-6-2-1-5-9(10)14-13(16)15(21-20-14)17-18-11-7-3-4-8-12(11)19-17/h1-8H,(H,18,19)(H,20,21). The molecule has 0 amide bonds. The van der Waals surface area contributed by atoms with Gasteiger partial charge >= 0.3 is 0 Å². The molecule has 0 saturated heterocycles. The zero-order valence-corrected chi connectivity index (χ0v) is 11.4. The molecule has 5 nitrogen and oxygen atoms in total. The molecule has 4 aromatic rings. The number of ketones is 1. The van der Waals surface area contributed by atoms with Crippen LogP contribution >= 0.6 is 0 Å². The molecule has 2 aromatic heterocycles. The topological polar surface area (TPSA) is 74.4 Å². The van der Waals surface area contributed by atoms with Gasteiger partial charge in [0.1, 0.15) is 11.4 Å². The molecule has 22 heavy (non-hydrogen) atoms. The number of benzene rings is 2. The minimum atomic E-state index is -0.00481. The van der Waals surface area contributed by atoms with Gasteiger partial charge in [-0.3, -0.25) is 9.89 Å². The second kappa shape index (κ2) is 3.92. The highest BCUT2D eigenvalue weighted by Crippen LogP contribution is 2.39. The highest BCUT2D eigenvalue weighted by Gasteiger charge is 2.33. The van der Waals surface area contributed by atoms with Crippen molar-refractivity contribution < 1.29 is 4.79 Å². The number of imidazole rings is 1. The van der Waals surface area contributed by atoms with Gasteiger partial charge in [0.2, 0.25) is 0 Å². The molecule has 2 N–H and O–H groups in total. The van der Waals surface area contributed by atoms with Crippen molar-refractivity contribution in [1.29, 1.82) is 0 Å². The normalized spacial score (nSPS) is 12.6. The first-order valence-electron chi connectivity index (χ1n) is 7.00. The molecular formula is C17H10N4O. The van der Waals surface area contributed by atoms with Gasteiger partial charge in [0.25, 0.3) is 0 Å². The monoisotopic (exact) mass is 286 g/mol. The van der Waals surface area contributed by atoms with E-state index in [0.717, 1.165) is 16.6 Å². The molecular weight excluding hydrogens is 276 g/mol. The lowest BCUT2D eigenvalue weighted by Gasteiger charge is -1.96. The van der Waals surface area contributed by atoms with Crippen molar-refractivity contribution in [3.05, 3.63) is 59.7 Å². The van der Waals surface area contributed by atoms with E-state index < -0.39 is 0 Å². The molecule has 104 valence electrons. The molecule has 5 rings (SSSR count). The third-order valence-electron chi connectivity index (χ3n) is 4.05. The Kier molecular flexibility index (Phi) is 2.04. The molecule has 0 unspecified atom stereocenters.